The van der Waals surface area contributed by atoms with Gasteiger partial charge in [-0.25, -0.2) is 4.98 Å². The Kier molecular flexibility index (Phi) is 6.04. The maximum Gasteiger partial charge on any atom is 0.226 e. The lowest BCUT2D eigenvalue weighted by atomic mass is 9.87. The topological polar surface area (TPSA) is 51.2 Å². The van der Waals surface area contributed by atoms with Crippen molar-refractivity contribution in [3.8, 4) is 5.75 Å². The molecule has 0 unspecified atom stereocenters. The first kappa shape index (κ1) is 20.3. The normalized spacial score (nSPS) is 11.6. The number of ether oxygens (including phenoxy) is 1. The molecule has 148 valence electrons. The summed E-state index contributed by atoms with van der Waals surface area (Å²) in [6.45, 7) is 11.2. The molecule has 28 heavy (non-hydrogen) atoms. The number of amides is 1. The van der Waals surface area contributed by atoms with Gasteiger partial charge in [0.05, 0.1) is 16.8 Å². The second kappa shape index (κ2) is 8.31. The number of thiazole rings is 1. The number of hydrogen-bond donors (Lipinski definition) is 1. The summed E-state index contributed by atoms with van der Waals surface area (Å²) in [5.41, 5.74) is 4.76. The van der Waals surface area contributed by atoms with Gasteiger partial charge in [-0.05, 0) is 60.6 Å². The van der Waals surface area contributed by atoms with Gasteiger partial charge in [-0.1, -0.05) is 50.3 Å². The van der Waals surface area contributed by atoms with Crippen LogP contribution in [0.4, 0.5) is 5.13 Å². The van der Waals surface area contributed by atoms with E-state index in [-0.39, 0.29) is 11.3 Å². The second-order valence-corrected chi connectivity index (χ2v) is 9.18. The average Bonchev–Trinajstić information content (AvgIpc) is 3.05. The zero-order valence-electron chi connectivity index (χ0n) is 17.3. The zero-order valence-corrected chi connectivity index (χ0v) is 18.1. The van der Waals surface area contributed by atoms with Crippen molar-refractivity contribution in [2.45, 2.75) is 52.9 Å². The Hall–Kier alpha value is -2.40. The fourth-order valence-electron chi connectivity index (χ4n) is 2.94. The van der Waals surface area contributed by atoms with Gasteiger partial charge in [-0.2, -0.15) is 0 Å². The molecule has 0 aliphatic heterocycles. The predicted octanol–water partition coefficient (Wildman–Crippen LogP) is 6.01. The van der Waals surface area contributed by atoms with Gasteiger partial charge < -0.3 is 10.1 Å². The third-order valence-corrected chi connectivity index (χ3v) is 5.80. The number of carbonyl (C=O) groups excluding carboxylic acids is 1. The number of nitrogens with one attached hydrogen (secondary N) is 1. The van der Waals surface area contributed by atoms with Gasteiger partial charge in [0.1, 0.15) is 5.75 Å². The lowest BCUT2D eigenvalue weighted by molar-refractivity contribution is -0.116. The first-order valence-electron chi connectivity index (χ1n) is 9.64. The van der Waals surface area contributed by atoms with Crippen LogP contribution in [0.2, 0.25) is 0 Å². The van der Waals surface area contributed by atoms with Gasteiger partial charge in [0.15, 0.2) is 5.13 Å². The van der Waals surface area contributed by atoms with E-state index in [1.165, 1.54) is 28.0 Å². The van der Waals surface area contributed by atoms with Crippen molar-refractivity contribution in [1.29, 1.82) is 0 Å². The first-order chi connectivity index (χ1) is 13.2. The lowest BCUT2D eigenvalue weighted by Crippen LogP contribution is -2.13. The van der Waals surface area contributed by atoms with Gasteiger partial charge in [-0.3, -0.25) is 4.79 Å². The molecule has 0 atom stereocenters. The minimum Gasteiger partial charge on any atom is -0.494 e. The number of carbonyl (C=O) groups is 1. The van der Waals surface area contributed by atoms with Crippen LogP contribution in [-0.2, 0) is 10.2 Å². The molecule has 0 spiro atoms. The Labute approximate surface area is 171 Å². The van der Waals surface area contributed by atoms with Crippen molar-refractivity contribution >= 4 is 32.6 Å². The van der Waals surface area contributed by atoms with E-state index < -0.39 is 0 Å². The number of hydrogen-bond acceptors (Lipinski definition) is 4. The van der Waals surface area contributed by atoms with E-state index in [9.17, 15) is 4.79 Å². The Morgan fingerprint density at radius 1 is 1.11 bits per heavy atom. The average molecular weight is 397 g/mol. The van der Waals surface area contributed by atoms with Crippen molar-refractivity contribution in [2.75, 3.05) is 11.9 Å². The summed E-state index contributed by atoms with van der Waals surface area (Å²) in [4.78, 5) is 16.8. The molecule has 1 heterocycles. The summed E-state index contributed by atoms with van der Waals surface area (Å²) < 4.78 is 6.86. The molecule has 0 radical (unpaired) electrons. The Bertz CT molecular complexity index is 969. The van der Waals surface area contributed by atoms with Crippen molar-refractivity contribution < 1.29 is 9.53 Å². The third-order valence-electron chi connectivity index (χ3n) is 4.87. The van der Waals surface area contributed by atoms with Crippen LogP contribution in [0.1, 0.15) is 50.3 Å². The van der Waals surface area contributed by atoms with E-state index in [1.807, 2.05) is 12.1 Å². The van der Waals surface area contributed by atoms with Crippen molar-refractivity contribution in [3.63, 3.8) is 0 Å². The van der Waals surface area contributed by atoms with Crippen LogP contribution in [0.3, 0.4) is 0 Å². The molecule has 5 heteroatoms. The van der Waals surface area contributed by atoms with Gasteiger partial charge in [-0.15, -0.1) is 0 Å². The number of fused-ring (bicyclic) bond motifs is 1. The number of rotatable bonds is 6. The van der Waals surface area contributed by atoms with Crippen LogP contribution in [0.5, 0.6) is 5.75 Å². The molecule has 3 rings (SSSR count). The SMILES string of the molecule is Cc1ccc2sc(NC(=O)CCCOc3ccc(C(C)(C)C)cc3)nc2c1C. The van der Waals surface area contributed by atoms with Crippen LogP contribution >= 0.6 is 11.3 Å². The third kappa shape index (κ3) is 4.90. The molecule has 0 fully saturated rings. The van der Waals surface area contributed by atoms with Crippen LogP contribution < -0.4 is 10.1 Å². The monoisotopic (exact) mass is 396 g/mol. The largest absolute Gasteiger partial charge is 0.494 e. The summed E-state index contributed by atoms with van der Waals surface area (Å²) >= 11 is 1.51. The molecule has 0 saturated heterocycles. The summed E-state index contributed by atoms with van der Waals surface area (Å²) in [6.07, 6.45) is 1.07. The maximum atomic E-state index is 12.2. The fourth-order valence-corrected chi connectivity index (χ4v) is 3.88. The highest BCUT2D eigenvalue weighted by molar-refractivity contribution is 7.22. The molecule has 1 aromatic heterocycles. The van der Waals surface area contributed by atoms with Gasteiger partial charge >= 0.3 is 0 Å². The van der Waals surface area contributed by atoms with Crippen molar-refractivity contribution in [1.82, 2.24) is 4.98 Å². The van der Waals surface area contributed by atoms with E-state index in [0.717, 1.165) is 16.0 Å². The van der Waals surface area contributed by atoms with E-state index in [1.54, 1.807) is 0 Å². The quantitative estimate of drug-likeness (QED) is 0.519. The Morgan fingerprint density at radius 2 is 1.82 bits per heavy atom. The van der Waals surface area contributed by atoms with Crippen molar-refractivity contribution in [2.24, 2.45) is 0 Å². The number of aromatic nitrogens is 1. The maximum absolute atomic E-state index is 12.2. The summed E-state index contributed by atoms with van der Waals surface area (Å²) in [7, 11) is 0. The van der Waals surface area contributed by atoms with E-state index in [2.05, 4.69) is 69.2 Å². The molecular formula is C23H28N2O2S. The van der Waals surface area contributed by atoms with Crippen molar-refractivity contribution in [3.05, 3.63) is 53.1 Å². The molecule has 1 amide bonds. The minimum absolute atomic E-state index is 0.0277. The van der Waals surface area contributed by atoms with Gasteiger partial charge in [0.2, 0.25) is 5.91 Å². The van der Waals surface area contributed by atoms with E-state index >= 15 is 0 Å². The van der Waals surface area contributed by atoms with Crippen LogP contribution in [0.15, 0.2) is 36.4 Å². The highest BCUT2D eigenvalue weighted by Gasteiger charge is 2.13. The summed E-state index contributed by atoms with van der Waals surface area (Å²) in [5.74, 6) is 0.811. The molecule has 4 nitrogen and oxygen atoms in total. The number of aryl methyl sites for hydroxylation is 2. The predicted molar refractivity (Wildman–Crippen MR) is 118 cm³/mol. The fraction of sp³-hybridized carbons (Fsp3) is 0.391. The van der Waals surface area contributed by atoms with Crippen LogP contribution in [-0.4, -0.2) is 17.5 Å². The minimum atomic E-state index is -0.0277. The Morgan fingerprint density at radius 3 is 2.50 bits per heavy atom. The molecule has 0 aliphatic carbocycles. The lowest BCUT2D eigenvalue weighted by Gasteiger charge is -2.19. The number of anilines is 1. The number of benzene rings is 2. The van der Waals surface area contributed by atoms with E-state index in [4.69, 9.17) is 4.74 Å². The summed E-state index contributed by atoms with van der Waals surface area (Å²) in [5, 5.41) is 3.57. The molecule has 0 saturated carbocycles. The highest BCUT2D eigenvalue weighted by Crippen LogP contribution is 2.29. The van der Waals surface area contributed by atoms with Crippen LogP contribution in [0.25, 0.3) is 10.2 Å². The van der Waals surface area contributed by atoms with E-state index in [0.29, 0.717) is 24.6 Å². The highest BCUT2D eigenvalue weighted by atomic mass is 32.1. The molecule has 0 aliphatic rings. The van der Waals surface area contributed by atoms with Gasteiger partial charge in [0, 0.05) is 6.42 Å². The zero-order chi connectivity index (χ0) is 20.3. The molecular weight excluding hydrogens is 368 g/mol. The number of nitrogens with zero attached hydrogens (tertiary/aromatic N) is 1. The standard InChI is InChI=1S/C23H28N2O2S/c1-15-8-13-19-21(16(15)2)25-22(28-19)24-20(26)7-6-14-27-18-11-9-17(10-12-18)23(3,4)5/h8-13H,6-7,14H2,1-5H3,(H,24,25,26). The van der Waals surface area contributed by atoms with Gasteiger partial charge in [0.25, 0.3) is 0 Å². The first-order valence-corrected chi connectivity index (χ1v) is 10.5. The Balaban J connectivity index is 1.47. The summed E-state index contributed by atoms with van der Waals surface area (Å²) in [6, 6.07) is 12.3. The smallest absolute Gasteiger partial charge is 0.226 e. The molecule has 1 N–H and O–H groups in total. The van der Waals surface area contributed by atoms with Crippen LogP contribution in [0, 0.1) is 13.8 Å². The second-order valence-electron chi connectivity index (χ2n) is 8.15. The molecule has 3 aromatic rings. The molecule has 2 aromatic carbocycles. The molecule has 0 bridgehead atoms.